The van der Waals surface area contributed by atoms with Gasteiger partial charge in [-0.2, -0.15) is 4.31 Å². The van der Waals surface area contributed by atoms with Crippen molar-refractivity contribution < 1.29 is 22.7 Å². The maximum Gasteiger partial charge on any atom is 0.330 e. The lowest BCUT2D eigenvalue weighted by molar-refractivity contribution is -0.137. The summed E-state index contributed by atoms with van der Waals surface area (Å²) in [6.45, 7) is 1.16. The van der Waals surface area contributed by atoms with E-state index in [-0.39, 0.29) is 18.9 Å². The summed E-state index contributed by atoms with van der Waals surface area (Å²) in [5.41, 5.74) is 0. The number of carbonyl (C=O) groups excluding carboxylic acids is 1. The van der Waals surface area contributed by atoms with E-state index in [1.54, 1.807) is 0 Å². The molecule has 0 saturated carbocycles. The Balaban J connectivity index is 2.22. The van der Waals surface area contributed by atoms with Gasteiger partial charge < -0.3 is 9.47 Å². The Bertz CT molecular complexity index is 376. The second-order valence-electron chi connectivity index (χ2n) is 3.59. The summed E-state index contributed by atoms with van der Waals surface area (Å²) >= 11 is 0. The molecule has 0 N–H and O–H groups in total. The highest BCUT2D eigenvalue weighted by atomic mass is 32.2. The van der Waals surface area contributed by atoms with Gasteiger partial charge in [-0.1, -0.05) is 6.08 Å². The van der Waals surface area contributed by atoms with E-state index < -0.39 is 16.0 Å². The van der Waals surface area contributed by atoms with Crippen LogP contribution in [0.5, 0.6) is 0 Å². The maximum atomic E-state index is 11.4. The Kier molecular flexibility index (Phi) is 5.60. The number of sulfonamides is 1. The average molecular weight is 263 g/mol. The van der Waals surface area contributed by atoms with Crippen LogP contribution in [0.4, 0.5) is 0 Å². The van der Waals surface area contributed by atoms with E-state index in [9.17, 15) is 13.2 Å². The maximum absolute atomic E-state index is 11.4. The van der Waals surface area contributed by atoms with Crippen molar-refractivity contribution in [1.29, 1.82) is 0 Å². The molecular weight excluding hydrogens is 246 g/mol. The van der Waals surface area contributed by atoms with Gasteiger partial charge in [-0.3, -0.25) is 0 Å². The highest BCUT2D eigenvalue weighted by Gasteiger charge is 2.27. The molecule has 0 unspecified atom stereocenters. The van der Waals surface area contributed by atoms with Crippen LogP contribution < -0.4 is 0 Å². The lowest BCUT2D eigenvalue weighted by Gasteiger charge is -2.13. The van der Waals surface area contributed by atoms with Gasteiger partial charge in [0.2, 0.25) is 10.0 Å². The summed E-state index contributed by atoms with van der Waals surface area (Å²) in [6, 6.07) is 0. The van der Waals surface area contributed by atoms with Gasteiger partial charge in [-0.05, 0) is 6.42 Å². The number of ether oxygens (including phenoxy) is 2. The molecule has 0 bridgehead atoms. The minimum atomic E-state index is -3.10. The standard InChI is InChI=1S/C10H17NO5S/c1-15-7-2-4-10(12)16-8-6-11-5-3-9-17(11,13)14/h2,4H,3,5-9H2,1H3/b4-2+. The van der Waals surface area contributed by atoms with Gasteiger partial charge in [0.25, 0.3) is 0 Å². The molecule has 0 aromatic heterocycles. The first-order valence-electron chi connectivity index (χ1n) is 5.36. The topological polar surface area (TPSA) is 72.9 Å². The van der Waals surface area contributed by atoms with Gasteiger partial charge in [0.1, 0.15) is 6.61 Å². The molecule has 0 aromatic carbocycles. The largest absolute Gasteiger partial charge is 0.461 e. The van der Waals surface area contributed by atoms with E-state index in [2.05, 4.69) is 0 Å². The number of nitrogens with zero attached hydrogens (tertiary/aromatic N) is 1. The third-order valence-corrected chi connectivity index (χ3v) is 4.26. The van der Waals surface area contributed by atoms with Crippen molar-refractivity contribution in [2.75, 3.05) is 39.2 Å². The zero-order valence-corrected chi connectivity index (χ0v) is 10.6. The molecule has 7 heteroatoms. The lowest BCUT2D eigenvalue weighted by Crippen LogP contribution is -2.29. The first-order chi connectivity index (χ1) is 8.06. The molecule has 1 rings (SSSR count). The van der Waals surface area contributed by atoms with Gasteiger partial charge in [0.15, 0.2) is 0 Å². The van der Waals surface area contributed by atoms with Crippen LogP contribution in [0.1, 0.15) is 6.42 Å². The molecule has 1 fully saturated rings. The van der Waals surface area contributed by atoms with Crippen LogP contribution in [-0.2, 0) is 24.3 Å². The second kappa shape index (κ2) is 6.73. The molecule has 1 aliphatic heterocycles. The van der Waals surface area contributed by atoms with Crippen molar-refractivity contribution in [3.8, 4) is 0 Å². The lowest BCUT2D eigenvalue weighted by atomic mass is 10.5. The molecule has 1 heterocycles. The van der Waals surface area contributed by atoms with Crippen molar-refractivity contribution in [1.82, 2.24) is 4.31 Å². The molecule has 0 atom stereocenters. The molecule has 6 nitrogen and oxygen atoms in total. The summed E-state index contributed by atoms with van der Waals surface area (Å²) < 4.78 is 33.7. The zero-order chi connectivity index (χ0) is 12.7. The Morgan fingerprint density at radius 1 is 1.47 bits per heavy atom. The van der Waals surface area contributed by atoms with Crippen molar-refractivity contribution in [2.45, 2.75) is 6.42 Å². The average Bonchev–Trinajstić information content (AvgIpc) is 2.59. The fourth-order valence-electron chi connectivity index (χ4n) is 1.48. The SMILES string of the molecule is COC/C=C/C(=O)OCCN1CCCS1(=O)=O. The van der Waals surface area contributed by atoms with E-state index in [4.69, 9.17) is 9.47 Å². The Morgan fingerprint density at radius 2 is 2.24 bits per heavy atom. The Morgan fingerprint density at radius 3 is 2.82 bits per heavy atom. The van der Waals surface area contributed by atoms with E-state index in [1.165, 1.54) is 23.6 Å². The van der Waals surface area contributed by atoms with Crippen molar-refractivity contribution in [3.63, 3.8) is 0 Å². The van der Waals surface area contributed by atoms with E-state index >= 15 is 0 Å². The molecule has 0 aromatic rings. The third kappa shape index (κ3) is 4.84. The Labute approximate surface area is 101 Å². The van der Waals surface area contributed by atoms with Crippen LogP contribution >= 0.6 is 0 Å². The minimum Gasteiger partial charge on any atom is -0.461 e. The monoisotopic (exact) mass is 263 g/mol. The fraction of sp³-hybridized carbons (Fsp3) is 0.700. The molecular formula is C10H17NO5S. The third-order valence-electron chi connectivity index (χ3n) is 2.31. The van der Waals surface area contributed by atoms with Crippen molar-refractivity contribution >= 4 is 16.0 Å². The quantitative estimate of drug-likeness (QED) is 0.489. The van der Waals surface area contributed by atoms with Gasteiger partial charge in [0.05, 0.1) is 12.4 Å². The van der Waals surface area contributed by atoms with E-state index in [0.29, 0.717) is 19.6 Å². The number of rotatable bonds is 6. The highest BCUT2D eigenvalue weighted by molar-refractivity contribution is 7.89. The molecule has 17 heavy (non-hydrogen) atoms. The predicted octanol–water partition coefficient (Wildman–Crippen LogP) is -0.232. The summed E-state index contributed by atoms with van der Waals surface area (Å²) in [7, 11) is -1.58. The predicted molar refractivity (Wildman–Crippen MR) is 62.0 cm³/mol. The van der Waals surface area contributed by atoms with Crippen molar-refractivity contribution in [2.24, 2.45) is 0 Å². The van der Waals surface area contributed by atoms with Gasteiger partial charge in [0, 0.05) is 26.3 Å². The number of esters is 1. The van der Waals surface area contributed by atoms with Crippen molar-refractivity contribution in [3.05, 3.63) is 12.2 Å². The molecule has 0 amide bonds. The molecule has 98 valence electrons. The second-order valence-corrected chi connectivity index (χ2v) is 5.68. The van der Waals surface area contributed by atoms with Crippen LogP contribution in [-0.4, -0.2) is 57.9 Å². The number of carbonyl (C=O) groups is 1. The summed E-state index contributed by atoms with van der Waals surface area (Å²) in [5.74, 6) is -0.298. The van der Waals surface area contributed by atoms with Gasteiger partial charge in [-0.15, -0.1) is 0 Å². The van der Waals surface area contributed by atoms with E-state index in [1.807, 2.05) is 0 Å². The zero-order valence-electron chi connectivity index (χ0n) is 9.79. The number of methoxy groups -OCH3 is 1. The van der Waals surface area contributed by atoms with Crippen LogP contribution in [0.3, 0.4) is 0 Å². The molecule has 0 spiro atoms. The Hall–Kier alpha value is -0.920. The number of hydrogen-bond donors (Lipinski definition) is 0. The fourth-order valence-corrected chi connectivity index (χ4v) is 2.99. The first kappa shape index (κ1) is 14.1. The molecule has 1 saturated heterocycles. The molecule has 1 aliphatic rings. The first-order valence-corrected chi connectivity index (χ1v) is 6.97. The normalized spacial score (nSPS) is 19.8. The molecule has 0 radical (unpaired) electrons. The highest BCUT2D eigenvalue weighted by Crippen LogP contribution is 2.12. The summed E-state index contributed by atoms with van der Waals surface area (Å²) in [6.07, 6.45) is 3.45. The van der Waals surface area contributed by atoms with E-state index in [0.717, 1.165) is 0 Å². The van der Waals surface area contributed by atoms with Gasteiger partial charge >= 0.3 is 5.97 Å². The summed E-state index contributed by atoms with van der Waals surface area (Å²) in [4.78, 5) is 11.1. The van der Waals surface area contributed by atoms with Crippen LogP contribution in [0.25, 0.3) is 0 Å². The van der Waals surface area contributed by atoms with Gasteiger partial charge in [-0.25, -0.2) is 13.2 Å². The van der Waals surface area contributed by atoms with Crippen LogP contribution in [0.2, 0.25) is 0 Å². The minimum absolute atomic E-state index is 0.0788. The van der Waals surface area contributed by atoms with Crippen LogP contribution in [0, 0.1) is 0 Å². The smallest absolute Gasteiger partial charge is 0.330 e. The summed E-state index contributed by atoms with van der Waals surface area (Å²) in [5, 5.41) is 0. The van der Waals surface area contributed by atoms with Crippen LogP contribution in [0.15, 0.2) is 12.2 Å². The molecule has 0 aliphatic carbocycles. The number of hydrogen-bond acceptors (Lipinski definition) is 5.